The van der Waals surface area contributed by atoms with E-state index >= 15 is 0 Å². The molecule has 0 aliphatic carbocycles. The molecular weight excluding hydrogens is 312 g/mol. The van der Waals surface area contributed by atoms with Crippen LogP contribution >= 0.6 is 23.1 Å². The van der Waals surface area contributed by atoms with Crippen molar-refractivity contribution in [2.24, 2.45) is 0 Å². The molecule has 3 heterocycles. The van der Waals surface area contributed by atoms with Gasteiger partial charge in [-0.3, -0.25) is 0 Å². The highest BCUT2D eigenvalue weighted by molar-refractivity contribution is 7.99. The number of hydrogen-bond acceptors (Lipinski definition) is 4. The maximum absolute atomic E-state index is 12.6. The third-order valence-corrected chi connectivity index (χ3v) is 8.36. The molecule has 1 atom stereocenters. The Morgan fingerprint density at radius 1 is 1.10 bits per heavy atom. The number of thiophene rings is 1. The molecule has 1 aromatic heterocycles. The highest BCUT2D eigenvalue weighted by atomic mass is 32.2. The van der Waals surface area contributed by atoms with Crippen LogP contribution in [0.1, 0.15) is 29.4 Å². The zero-order valence-electron chi connectivity index (χ0n) is 11.4. The minimum Gasteiger partial charge on any atom is -0.195 e. The topological polar surface area (TPSA) is 40.6 Å². The van der Waals surface area contributed by atoms with Crippen LogP contribution in [0.2, 0.25) is 0 Å². The van der Waals surface area contributed by atoms with Crippen LogP contribution in [0.5, 0.6) is 0 Å². The lowest BCUT2D eigenvalue weighted by Gasteiger charge is -2.25. The highest BCUT2D eigenvalue weighted by Gasteiger charge is 2.33. The molecule has 0 radical (unpaired) electrons. The summed E-state index contributed by atoms with van der Waals surface area (Å²) in [6.07, 6.45) is 2.91. The summed E-state index contributed by atoms with van der Waals surface area (Å²) in [7, 11) is -3.22. The molecule has 20 heavy (non-hydrogen) atoms. The fourth-order valence-corrected chi connectivity index (χ4v) is 6.82. The molecule has 2 aliphatic rings. The number of thioether (sulfide) groups is 1. The largest absolute Gasteiger partial charge is 0.282 e. The van der Waals surface area contributed by atoms with Crippen molar-refractivity contribution in [2.75, 3.05) is 31.9 Å². The van der Waals surface area contributed by atoms with Crippen LogP contribution in [0.15, 0.2) is 17.5 Å². The molecule has 0 spiro atoms. The van der Waals surface area contributed by atoms with Crippen LogP contribution in [0.4, 0.5) is 0 Å². The second kappa shape index (κ2) is 6.36. The van der Waals surface area contributed by atoms with Crippen LogP contribution in [-0.2, 0) is 10.2 Å². The van der Waals surface area contributed by atoms with Gasteiger partial charge < -0.3 is 0 Å². The van der Waals surface area contributed by atoms with Crippen LogP contribution in [0.3, 0.4) is 0 Å². The molecule has 0 aromatic carbocycles. The zero-order chi connectivity index (χ0) is 14.0. The van der Waals surface area contributed by atoms with E-state index in [-0.39, 0.29) is 0 Å². The van der Waals surface area contributed by atoms with Gasteiger partial charge in [0.2, 0.25) is 0 Å². The Bertz CT molecular complexity index is 524. The van der Waals surface area contributed by atoms with Crippen LogP contribution in [0.25, 0.3) is 0 Å². The van der Waals surface area contributed by atoms with Gasteiger partial charge in [-0.25, -0.2) is 0 Å². The first-order valence-corrected chi connectivity index (χ1v) is 10.4. The molecule has 3 rings (SSSR count). The first kappa shape index (κ1) is 14.8. The lowest BCUT2D eigenvalue weighted by molar-refractivity contribution is 0.370. The molecule has 7 heteroatoms. The Morgan fingerprint density at radius 3 is 2.55 bits per heavy atom. The van der Waals surface area contributed by atoms with Crippen molar-refractivity contribution in [1.82, 2.24) is 8.61 Å². The van der Waals surface area contributed by atoms with Gasteiger partial charge >= 0.3 is 0 Å². The van der Waals surface area contributed by atoms with Gasteiger partial charge in [0.05, 0.1) is 0 Å². The molecular formula is C13H20N2O2S3. The molecule has 0 bridgehead atoms. The van der Waals surface area contributed by atoms with Gasteiger partial charge in [0.1, 0.15) is 0 Å². The second-order valence-electron chi connectivity index (χ2n) is 5.18. The standard InChI is InChI=1S/C13H20N2O2S3/c16-20(17,14-6-1-2-7-14)15-8-5-13(19-11-9-15)12-4-3-10-18-12/h3-4,10,13H,1-2,5-9,11H2/t13-/m0/s1. The molecule has 2 aliphatic heterocycles. The van der Waals surface area contributed by atoms with Crippen molar-refractivity contribution >= 4 is 33.3 Å². The minimum atomic E-state index is -3.22. The Hall–Kier alpha value is -0.0800. The van der Waals surface area contributed by atoms with E-state index in [9.17, 15) is 8.42 Å². The van der Waals surface area contributed by atoms with Crippen LogP contribution in [-0.4, -0.2) is 49.0 Å². The Kier molecular flexibility index (Phi) is 4.72. The maximum atomic E-state index is 12.6. The molecule has 1 aromatic rings. The first-order chi connectivity index (χ1) is 9.68. The number of nitrogens with zero attached hydrogens (tertiary/aromatic N) is 2. The van der Waals surface area contributed by atoms with Crippen molar-refractivity contribution < 1.29 is 8.42 Å². The zero-order valence-corrected chi connectivity index (χ0v) is 13.9. The third-order valence-electron chi connectivity index (χ3n) is 3.88. The smallest absolute Gasteiger partial charge is 0.195 e. The van der Waals surface area contributed by atoms with Crippen molar-refractivity contribution in [1.29, 1.82) is 0 Å². The van der Waals surface area contributed by atoms with E-state index in [4.69, 9.17) is 0 Å². The van der Waals surface area contributed by atoms with E-state index in [1.54, 1.807) is 19.9 Å². The van der Waals surface area contributed by atoms with E-state index in [1.165, 1.54) is 4.88 Å². The molecule has 0 amide bonds. The molecule has 0 saturated carbocycles. The van der Waals surface area contributed by atoms with E-state index in [0.29, 0.717) is 31.4 Å². The summed E-state index contributed by atoms with van der Waals surface area (Å²) in [4.78, 5) is 1.37. The van der Waals surface area contributed by atoms with E-state index in [1.807, 2.05) is 11.8 Å². The summed E-state index contributed by atoms with van der Waals surface area (Å²) >= 11 is 3.66. The van der Waals surface area contributed by atoms with Gasteiger partial charge in [0, 0.05) is 42.1 Å². The summed E-state index contributed by atoms with van der Waals surface area (Å²) < 4.78 is 28.5. The molecule has 4 nitrogen and oxygen atoms in total. The van der Waals surface area contributed by atoms with Crippen molar-refractivity contribution in [2.45, 2.75) is 24.5 Å². The maximum Gasteiger partial charge on any atom is 0.282 e. The third kappa shape index (κ3) is 3.06. The SMILES string of the molecule is O=S(=O)(N1CCCC1)N1CCS[C@H](c2cccs2)CC1. The van der Waals surface area contributed by atoms with E-state index in [0.717, 1.165) is 25.0 Å². The molecule has 0 N–H and O–H groups in total. The van der Waals surface area contributed by atoms with Crippen molar-refractivity contribution in [3.05, 3.63) is 22.4 Å². The predicted octanol–water partition coefficient (Wildman–Crippen LogP) is 2.57. The average Bonchev–Trinajstić information content (AvgIpc) is 3.08. The minimum absolute atomic E-state index is 0.453. The van der Waals surface area contributed by atoms with Gasteiger partial charge in [-0.15, -0.1) is 11.3 Å². The van der Waals surface area contributed by atoms with Gasteiger partial charge in [-0.1, -0.05) is 6.07 Å². The van der Waals surface area contributed by atoms with Crippen LogP contribution in [0, 0.1) is 0 Å². The molecule has 2 fully saturated rings. The monoisotopic (exact) mass is 332 g/mol. The van der Waals surface area contributed by atoms with E-state index < -0.39 is 10.2 Å². The summed E-state index contributed by atoms with van der Waals surface area (Å²) in [5.41, 5.74) is 0. The second-order valence-corrected chi connectivity index (χ2v) is 9.39. The first-order valence-electron chi connectivity index (χ1n) is 7.08. The summed E-state index contributed by atoms with van der Waals surface area (Å²) in [6, 6.07) is 4.23. The number of hydrogen-bond donors (Lipinski definition) is 0. The Morgan fingerprint density at radius 2 is 1.85 bits per heavy atom. The summed E-state index contributed by atoms with van der Waals surface area (Å²) in [5, 5.41) is 2.55. The molecule has 0 unspecified atom stereocenters. The van der Waals surface area contributed by atoms with Crippen molar-refractivity contribution in [3.8, 4) is 0 Å². The molecule has 112 valence electrons. The average molecular weight is 333 g/mol. The summed E-state index contributed by atoms with van der Waals surface area (Å²) in [5.74, 6) is 0.885. The Balaban J connectivity index is 1.68. The molecule has 2 saturated heterocycles. The quantitative estimate of drug-likeness (QED) is 0.854. The fraction of sp³-hybridized carbons (Fsp3) is 0.692. The fourth-order valence-electron chi connectivity index (χ4n) is 2.76. The van der Waals surface area contributed by atoms with Gasteiger partial charge in [0.25, 0.3) is 10.2 Å². The van der Waals surface area contributed by atoms with Gasteiger partial charge in [-0.05, 0) is 30.7 Å². The van der Waals surface area contributed by atoms with E-state index in [2.05, 4.69) is 17.5 Å². The summed E-state index contributed by atoms with van der Waals surface area (Å²) in [6.45, 7) is 2.68. The predicted molar refractivity (Wildman–Crippen MR) is 85.4 cm³/mol. The van der Waals surface area contributed by atoms with Gasteiger partial charge in [0.15, 0.2) is 0 Å². The van der Waals surface area contributed by atoms with Crippen molar-refractivity contribution in [3.63, 3.8) is 0 Å². The number of rotatable bonds is 3. The normalized spacial score (nSPS) is 26.7. The highest BCUT2D eigenvalue weighted by Crippen LogP contribution is 2.37. The van der Waals surface area contributed by atoms with Gasteiger partial charge in [-0.2, -0.15) is 28.8 Å². The lowest BCUT2D eigenvalue weighted by atomic mass is 10.2. The lowest BCUT2D eigenvalue weighted by Crippen LogP contribution is -2.43. The Labute approximate surface area is 129 Å². The van der Waals surface area contributed by atoms with Crippen LogP contribution < -0.4 is 0 Å².